The smallest absolute Gasteiger partial charge is 0.0499 e. The molecule has 0 saturated heterocycles. The van der Waals surface area contributed by atoms with Crippen molar-refractivity contribution in [1.29, 1.82) is 0 Å². The normalized spacial score (nSPS) is 12.9. The van der Waals surface area contributed by atoms with E-state index in [9.17, 15) is 0 Å². The third-order valence-corrected chi connectivity index (χ3v) is 3.66. The first-order valence-corrected chi connectivity index (χ1v) is 6.60. The number of rotatable bonds is 5. The summed E-state index contributed by atoms with van der Waals surface area (Å²) in [5.74, 6) is 1.06. The lowest BCUT2D eigenvalue weighted by Gasteiger charge is -2.20. The van der Waals surface area contributed by atoms with E-state index < -0.39 is 0 Å². The molecule has 16 heavy (non-hydrogen) atoms. The Bertz CT molecular complexity index is 342. The molecule has 0 aliphatic rings. The minimum atomic E-state index is 0.478. The first kappa shape index (κ1) is 13.8. The highest BCUT2D eigenvalue weighted by molar-refractivity contribution is 9.10. The molecule has 1 aromatic carbocycles. The van der Waals surface area contributed by atoms with E-state index in [4.69, 9.17) is 17.3 Å². The number of benzene rings is 1. The average Bonchev–Trinajstić information content (AvgIpc) is 2.23. The van der Waals surface area contributed by atoms with Crippen molar-refractivity contribution in [2.45, 2.75) is 13.8 Å². The van der Waals surface area contributed by atoms with Gasteiger partial charge in [-0.05, 0) is 52.5 Å². The van der Waals surface area contributed by atoms with Crippen molar-refractivity contribution in [2.24, 2.45) is 17.6 Å². The number of halogens is 2. The lowest BCUT2D eigenvalue weighted by molar-refractivity contribution is 0.413. The summed E-state index contributed by atoms with van der Waals surface area (Å²) in [6, 6.07) is 5.72. The molecule has 0 aliphatic heterocycles. The molecule has 0 radical (unpaired) electrons. The van der Waals surface area contributed by atoms with Gasteiger partial charge in [0.1, 0.15) is 0 Å². The average molecular weight is 306 g/mol. The van der Waals surface area contributed by atoms with E-state index in [0.717, 1.165) is 21.7 Å². The molecule has 1 unspecified atom stereocenters. The third kappa shape index (κ3) is 3.96. The van der Waals surface area contributed by atoms with Crippen LogP contribution in [0.5, 0.6) is 0 Å². The molecule has 0 heterocycles. The predicted octanol–water partition coefficient (Wildman–Crippen LogP) is 3.75. The molecule has 0 bridgehead atoms. The highest BCUT2D eigenvalue weighted by atomic mass is 79.9. The van der Waals surface area contributed by atoms with E-state index in [1.165, 1.54) is 0 Å². The standard InChI is InChI=1S/C12H18BrClN2/c1-8(2)9(6-15)7-16-12-5-10(14)3-4-11(12)13/h3-5,8-9,16H,6-7,15H2,1-2H3. The highest BCUT2D eigenvalue weighted by Gasteiger charge is 2.11. The highest BCUT2D eigenvalue weighted by Crippen LogP contribution is 2.26. The van der Waals surface area contributed by atoms with E-state index in [0.29, 0.717) is 18.4 Å². The van der Waals surface area contributed by atoms with Crippen LogP contribution in [-0.4, -0.2) is 13.1 Å². The largest absolute Gasteiger partial charge is 0.384 e. The fraction of sp³-hybridized carbons (Fsp3) is 0.500. The number of nitrogens with two attached hydrogens (primary N) is 1. The van der Waals surface area contributed by atoms with Gasteiger partial charge in [0.05, 0.1) is 0 Å². The molecule has 4 heteroatoms. The molecular formula is C12H18BrClN2. The van der Waals surface area contributed by atoms with Crippen LogP contribution in [0.3, 0.4) is 0 Å². The molecule has 1 aromatic rings. The maximum Gasteiger partial charge on any atom is 0.0499 e. The molecule has 3 N–H and O–H groups in total. The van der Waals surface area contributed by atoms with Crippen LogP contribution in [0, 0.1) is 11.8 Å². The van der Waals surface area contributed by atoms with Crippen LogP contribution in [0.1, 0.15) is 13.8 Å². The Morgan fingerprint density at radius 2 is 2.12 bits per heavy atom. The Kier molecular flexibility index (Phi) is 5.59. The lowest BCUT2D eigenvalue weighted by atomic mass is 9.96. The third-order valence-electron chi connectivity index (χ3n) is 2.73. The Hall–Kier alpha value is -0.250. The van der Waals surface area contributed by atoms with Gasteiger partial charge in [0, 0.05) is 21.7 Å². The fourth-order valence-electron chi connectivity index (χ4n) is 1.47. The van der Waals surface area contributed by atoms with Gasteiger partial charge in [-0.1, -0.05) is 25.4 Å². The zero-order valence-electron chi connectivity index (χ0n) is 9.63. The number of nitrogens with one attached hydrogen (secondary N) is 1. The summed E-state index contributed by atoms with van der Waals surface area (Å²) in [5, 5.41) is 4.11. The van der Waals surface area contributed by atoms with Gasteiger partial charge in [0.15, 0.2) is 0 Å². The summed E-state index contributed by atoms with van der Waals surface area (Å²) in [4.78, 5) is 0. The second kappa shape index (κ2) is 6.48. The fourth-order valence-corrected chi connectivity index (χ4v) is 2.02. The Labute approximate surface area is 111 Å². The van der Waals surface area contributed by atoms with Crippen LogP contribution in [0.4, 0.5) is 5.69 Å². The number of anilines is 1. The van der Waals surface area contributed by atoms with Crippen LogP contribution >= 0.6 is 27.5 Å². The molecule has 2 nitrogen and oxygen atoms in total. The molecule has 0 fully saturated rings. The van der Waals surface area contributed by atoms with Gasteiger partial charge in [0.2, 0.25) is 0 Å². The van der Waals surface area contributed by atoms with Crippen molar-refractivity contribution in [2.75, 3.05) is 18.4 Å². The summed E-state index contributed by atoms with van der Waals surface area (Å²) in [7, 11) is 0. The quantitative estimate of drug-likeness (QED) is 0.869. The van der Waals surface area contributed by atoms with Gasteiger partial charge >= 0.3 is 0 Å². The van der Waals surface area contributed by atoms with Crippen molar-refractivity contribution >= 4 is 33.2 Å². The van der Waals surface area contributed by atoms with Gasteiger partial charge in [-0.15, -0.1) is 0 Å². The van der Waals surface area contributed by atoms with E-state index in [1.807, 2.05) is 18.2 Å². The summed E-state index contributed by atoms with van der Waals surface area (Å²) in [6.45, 7) is 5.94. The molecule has 0 amide bonds. The molecule has 0 aliphatic carbocycles. The van der Waals surface area contributed by atoms with Gasteiger partial charge in [-0.25, -0.2) is 0 Å². The van der Waals surface area contributed by atoms with Crippen molar-refractivity contribution < 1.29 is 0 Å². The van der Waals surface area contributed by atoms with Gasteiger partial charge in [-0.3, -0.25) is 0 Å². The van der Waals surface area contributed by atoms with E-state index in [-0.39, 0.29) is 0 Å². The Morgan fingerprint density at radius 1 is 1.44 bits per heavy atom. The molecule has 1 rings (SSSR count). The summed E-state index contributed by atoms with van der Waals surface area (Å²) < 4.78 is 1.02. The second-order valence-corrected chi connectivity index (χ2v) is 5.54. The van der Waals surface area contributed by atoms with Gasteiger partial charge < -0.3 is 11.1 Å². The first-order valence-electron chi connectivity index (χ1n) is 5.43. The van der Waals surface area contributed by atoms with Crippen LogP contribution in [0.2, 0.25) is 5.02 Å². The zero-order chi connectivity index (χ0) is 12.1. The minimum Gasteiger partial charge on any atom is -0.384 e. The van der Waals surface area contributed by atoms with Gasteiger partial charge in [0.25, 0.3) is 0 Å². The molecule has 0 spiro atoms. The van der Waals surface area contributed by atoms with Crippen molar-refractivity contribution in [3.8, 4) is 0 Å². The van der Waals surface area contributed by atoms with Crippen LogP contribution in [0.15, 0.2) is 22.7 Å². The monoisotopic (exact) mass is 304 g/mol. The molecule has 0 saturated carbocycles. The van der Waals surface area contributed by atoms with E-state index in [2.05, 4.69) is 35.1 Å². The predicted molar refractivity (Wildman–Crippen MR) is 75.0 cm³/mol. The van der Waals surface area contributed by atoms with Crippen molar-refractivity contribution in [1.82, 2.24) is 0 Å². The molecule has 0 aromatic heterocycles. The number of hydrogen-bond donors (Lipinski definition) is 2. The van der Waals surface area contributed by atoms with Crippen LogP contribution < -0.4 is 11.1 Å². The van der Waals surface area contributed by atoms with Crippen LogP contribution in [-0.2, 0) is 0 Å². The zero-order valence-corrected chi connectivity index (χ0v) is 12.0. The molecule has 1 atom stereocenters. The minimum absolute atomic E-state index is 0.478. The summed E-state index contributed by atoms with van der Waals surface area (Å²) >= 11 is 9.43. The van der Waals surface area contributed by atoms with E-state index >= 15 is 0 Å². The van der Waals surface area contributed by atoms with E-state index in [1.54, 1.807) is 0 Å². The Morgan fingerprint density at radius 3 is 2.69 bits per heavy atom. The van der Waals surface area contributed by atoms with Crippen LogP contribution in [0.25, 0.3) is 0 Å². The SMILES string of the molecule is CC(C)C(CN)CNc1cc(Cl)ccc1Br. The lowest BCUT2D eigenvalue weighted by Crippen LogP contribution is -2.27. The topological polar surface area (TPSA) is 38.0 Å². The summed E-state index contributed by atoms with van der Waals surface area (Å²) in [5.41, 5.74) is 6.75. The maximum atomic E-state index is 5.94. The number of hydrogen-bond acceptors (Lipinski definition) is 2. The van der Waals surface area contributed by atoms with Gasteiger partial charge in [-0.2, -0.15) is 0 Å². The molecule has 90 valence electrons. The van der Waals surface area contributed by atoms with Crippen molar-refractivity contribution in [3.05, 3.63) is 27.7 Å². The first-order chi connectivity index (χ1) is 7.54. The Balaban J connectivity index is 2.63. The maximum absolute atomic E-state index is 5.94. The second-order valence-electron chi connectivity index (χ2n) is 4.24. The molecular weight excluding hydrogens is 288 g/mol. The summed E-state index contributed by atoms with van der Waals surface area (Å²) in [6.07, 6.45) is 0. The van der Waals surface area contributed by atoms with Crippen molar-refractivity contribution in [3.63, 3.8) is 0 Å².